The number of allylic oxidation sites excluding steroid dienone is 3. The maximum atomic E-state index is 14.9. The van der Waals surface area contributed by atoms with Gasteiger partial charge >= 0.3 is 0 Å². The van der Waals surface area contributed by atoms with E-state index in [1.807, 2.05) is 6.07 Å². The molecule has 1 unspecified atom stereocenters. The molecule has 1 aromatic heterocycles. The van der Waals surface area contributed by atoms with Crippen molar-refractivity contribution >= 4 is 27.6 Å². The smallest absolute Gasteiger partial charge is 0.271 e. The second kappa shape index (κ2) is 8.32. The number of hydrogen-bond acceptors (Lipinski definition) is 6. The molecule has 0 saturated heterocycles. The van der Waals surface area contributed by atoms with E-state index in [-0.39, 0.29) is 34.7 Å². The minimum Gasteiger partial charge on any atom is -0.383 e. The number of nitrogens with two attached hydrogens (primary N) is 1. The van der Waals surface area contributed by atoms with Crippen LogP contribution < -0.4 is 11.2 Å². The molecular weight excluding hydrogens is 465 g/mol. The Morgan fingerprint density at radius 3 is 2.84 bits per heavy atom. The molecule has 3 N–H and O–H groups in total. The lowest BCUT2D eigenvalue weighted by Crippen LogP contribution is -2.48. The quantitative estimate of drug-likeness (QED) is 0.694. The fourth-order valence-electron chi connectivity index (χ4n) is 3.92. The van der Waals surface area contributed by atoms with Crippen LogP contribution in [0.5, 0.6) is 0 Å². The lowest BCUT2D eigenvalue weighted by atomic mass is 9.76. The van der Waals surface area contributed by atoms with Gasteiger partial charge in [-0.25, -0.2) is 9.40 Å². The molecule has 1 atom stereocenters. The van der Waals surface area contributed by atoms with Crippen LogP contribution >= 0.6 is 15.9 Å². The highest BCUT2D eigenvalue weighted by Gasteiger charge is 2.41. The molecule has 2 aromatic rings. The lowest BCUT2D eigenvalue weighted by Gasteiger charge is -2.39. The lowest BCUT2D eigenvalue weighted by molar-refractivity contribution is -0.116. The third-order valence-corrected chi connectivity index (χ3v) is 5.82. The van der Waals surface area contributed by atoms with E-state index in [4.69, 9.17) is 5.73 Å². The van der Waals surface area contributed by atoms with Crippen LogP contribution in [0.25, 0.3) is 0 Å². The van der Waals surface area contributed by atoms with Crippen molar-refractivity contribution in [1.29, 1.82) is 5.26 Å². The zero-order valence-corrected chi connectivity index (χ0v) is 17.8. The minimum absolute atomic E-state index is 0.00158. The Hall–Kier alpha value is -3.51. The molecule has 9 heteroatoms. The maximum Gasteiger partial charge on any atom is 0.271 e. The molecule has 2 heterocycles. The Balaban J connectivity index is 1.84. The SMILES string of the molecule is N#CC1=C(N)N(NC(=O)c2cccnc2)C2=C(C(=O)CCC2)C1c1ccc(Br)cc1F. The van der Waals surface area contributed by atoms with Gasteiger partial charge in [-0.15, -0.1) is 0 Å². The standard InChI is InChI=1S/C22H17BrFN5O2/c23-13-6-7-14(16(24)9-13)19-15(10-25)21(26)29(17-4-1-5-18(30)20(17)19)28-22(31)12-3-2-8-27-11-12/h2-3,6-9,11,19H,1,4-5,26H2,(H,28,31). The van der Waals surface area contributed by atoms with Crippen LogP contribution in [0, 0.1) is 17.1 Å². The van der Waals surface area contributed by atoms with Crippen molar-refractivity contribution in [2.75, 3.05) is 0 Å². The molecule has 4 rings (SSSR count). The number of Topliss-reactive ketones (excluding diaryl/α,β-unsaturated/α-hetero) is 1. The number of halogens is 2. The normalized spacial score (nSPS) is 18.5. The summed E-state index contributed by atoms with van der Waals surface area (Å²) in [6.45, 7) is 0. The van der Waals surface area contributed by atoms with Gasteiger partial charge in [0.05, 0.1) is 23.1 Å². The van der Waals surface area contributed by atoms with Crippen LogP contribution in [0.4, 0.5) is 4.39 Å². The first-order chi connectivity index (χ1) is 14.9. The van der Waals surface area contributed by atoms with E-state index < -0.39 is 17.6 Å². The van der Waals surface area contributed by atoms with E-state index >= 15 is 0 Å². The molecule has 1 amide bonds. The van der Waals surface area contributed by atoms with Crippen molar-refractivity contribution in [3.63, 3.8) is 0 Å². The van der Waals surface area contributed by atoms with Crippen molar-refractivity contribution in [2.24, 2.45) is 5.73 Å². The number of hydrogen-bond donors (Lipinski definition) is 2. The molecule has 31 heavy (non-hydrogen) atoms. The number of rotatable bonds is 3. The molecule has 7 nitrogen and oxygen atoms in total. The third-order valence-electron chi connectivity index (χ3n) is 5.32. The summed E-state index contributed by atoms with van der Waals surface area (Å²) in [6, 6.07) is 9.69. The van der Waals surface area contributed by atoms with Crippen LogP contribution in [-0.2, 0) is 4.79 Å². The number of hydrazine groups is 1. The molecule has 0 saturated carbocycles. The average molecular weight is 482 g/mol. The fraction of sp³-hybridized carbons (Fsp3) is 0.182. The summed E-state index contributed by atoms with van der Waals surface area (Å²) in [6.07, 6.45) is 4.21. The van der Waals surface area contributed by atoms with Gasteiger partial charge in [0.25, 0.3) is 5.91 Å². The number of nitrogens with zero attached hydrogens (tertiary/aromatic N) is 3. The van der Waals surface area contributed by atoms with E-state index in [0.29, 0.717) is 28.6 Å². The molecule has 156 valence electrons. The summed E-state index contributed by atoms with van der Waals surface area (Å²) in [5, 5.41) is 11.2. The summed E-state index contributed by atoms with van der Waals surface area (Å²) in [7, 11) is 0. The molecular formula is C22H17BrFN5O2. The van der Waals surface area contributed by atoms with Crippen LogP contribution in [0.15, 0.2) is 69.9 Å². The highest BCUT2D eigenvalue weighted by molar-refractivity contribution is 9.10. The van der Waals surface area contributed by atoms with Crippen molar-refractivity contribution < 1.29 is 14.0 Å². The van der Waals surface area contributed by atoms with Gasteiger partial charge in [-0.3, -0.25) is 20.0 Å². The van der Waals surface area contributed by atoms with E-state index in [9.17, 15) is 19.2 Å². The van der Waals surface area contributed by atoms with Gasteiger partial charge in [0.2, 0.25) is 0 Å². The number of pyridine rings is 1. The van der Waals surface area contributed by atoms with Gasteiger partial charge in [-0.1, -0.05) is 22.0 Å². The van der Waals surface area contributed by atoms with Crippen molar-refractivity contribution in [3.8, 4) is 6.07 Å². The van der Waals surface area contributed by atoms with Crippen LogP contribution in [-0.4, -0.2) is 21.7 Å². The van der Waals surface area contributed by atoms with Crippen LogP contribution in [0.3, 0.4) is 0 Å². The highest BCUT2D eigenvalue weighted by Crippen LogP contribution is 2.45. The number of benzene rings is 1. The zero-order valence-electron chi connectivity index (χ0n) is 16.2. The average Bonchev–Trinajstić information content (AvgIpc) is 2.76. The summed E-state index contributed by atoms with van der Waals surface area (Å²) >= 11 is 3.22. The van der Waals surface area contributed by atoms with Gasteiger partial charge in [-0.2, -0.15) is 5.26 Å². The monoisotopic (exact) mass is 481 g/mol. The van der Waals surface area contributed by atoms with Crippen LogP contribution in [0.1, 0.15) is 41.1 Å². The number of carbonyl (C=O) groups is 2. The summed E-state index contributed by atoms with van der Waals surface area (Å²) < 4.78 is 15.4. The van der Waals surface area contributed by atoms with E-state index in [0.717, 1.165) is 0 Å². The summed E-state index contributed by atoms with van der Waals surface area (Å²) in [4.78, 5) is 29.6. The Bertz CT molecular complexity index is 1190. The Kier molecular flexibility index (Phi) is 5.57. The third kappa shape index (κ3) is 3.70. The molecule has 2 aliphatic rings. The zero-order chi connectivity index (χ0) is 22.1. The predicted molar refractivity (Wildman–Crippen MR) is 113 cm³/mol. The maximum absolute atomic E-state index is 14.9. The minimum atomic E-state index is -0.938. The van der Waals surface area contributed by atoms with Gasteiger partial charge in [0.15, 0.2) is 5.78 Å². The first-order valence-electron chi connectivity index (χ1n) is 9.54. The number of amides is 1. The fourth-order valence-corrected chi connectivity index (χ4v) is 4.26. The first kappa shape index (κ1) is 20.8. The first-order valence-corrected chi connectivity index (χ1v) is 10.3. The Morgan fingerprint density at radius 2 is 2.16 bits per heavy atom. The molecule has 0 radical (unpaired) electrons. The topological polar surface area (TPSA) is 112 Å². The molecule has 0 bridgehead atoms. The molecule has 0 fully saturated rings. The Labute approximate surface area is 186 Å². The number of aromatic nitrogens is 1. The number of carbonyl (C=O) groups excluding carboxylic acids is 2. The molecule has 1 aliphatic heterocycles. The predicted octanol–water partition coefficient (Wildman–Crippen LogP) is 3.43. The van der Waals surface area contributed by atoms with Crippen molar-refractivity contribution in [3.05, 3.63) is 86.8 Å². The van der Waals surface area contributed by atoms with Crippen molar-refractivity contribution in [2.45, 2.75) is 25.2 Å². The second-order valence-electron chi connectivity index (χ2n) is 7.16. The number of nitriles is 1. The highest BCUT2D eigenvalue weighted by atomic mass is 79.9. The summed E-state index contributed by atoms with van der Waals surface area (Å²) in [5.41, 5.74) is 10.2. The number of ketones is 1. The second-order valence-corrected chi connectivity index (χ2v) is 8.08. The number of nitrogens with one attached hydrogen (secondary N) is 1. The molecule has 1 aromatic carbocycles. The Morgan fingerprint density at radius 1 is 1.35 bits per heavy atom. The van der Waals surface area contributed by atoms with E-state index in [1.54, 1.807) is 18.2 Å². The van der Waals surface area contributed by atoms with Gasteiger partial charge in [0.1, 0.15) is 11.6 Å². The molecule has 1 aliphatic carbocycles. The summed E-state index contributed by atoms with van der Waals surface area (Å²) in [5.74, 6) is -2.23. The largest absolute Gasteiger partial charge is 0.383 e. The van der Waals surface area contributed by atoms with Gasteiger partial charge < -0.3 is 5.73 Å². The van der Waals surface area contributed by atoms with Gasteiger partial charge in [-0.05, 0) is 37.1 Å². The van der Waals surface area contributed by atoms with Crippen LogP contribution in [0.2, 0.25) is 0 Å². The molecule has 0 spiro atoms. The van der Waals surface area contributed by atoms with E-state index in [1.165, 1.54) is 29.5 Å². The van der Waals surface area contributed by atoms with E-state index in [2.05, 4.69) is 26.3 Å². The van der Waals surface area contributed by atoms with Gasteiger partial charge in [0, 0.05) is 40.1 Å². The van der Waals surface area contributed by atoms with Crippen molar-refractivity contribution in [1.82, 2.24) is 15.4 Å².